The van der Waals surface area contributed by atoms with Crippen LogP contribution in [0.5, 0.6) is 0 Å². The number of thiazole rings is 1. The van der Waals surface area contributed by atoms with Gasteiger partial charge in [-0.2, -0.15) is 0 Å². The minimum Gasteiger partial charge on any atom is -0.344 e. The van der Waals surface area contributed by atoms with Crippen molar-refractivity contribution < 1.29 is 18.4 Å². The van der Waals surface area contributed by atoms with Crippen LogP contribution in [0.2, 0.25) is 0 Å². The molecule has 0 fully saturated rings. The van der Waals surface area contributed by atoms with E-state index >= 15 is 0 Å². The molecule has 5 nitrogen and oxygen atoms in total. The van der Waals surface area contributed by atoms with Crippen molar-refractivity contribution in [1.29, 1.82) is 0 Å². The first-order valence-electron chi connectivity index (χ1n) is 8.01. The molecule has 3 rings (SSSR count). The van der Waals surface area contributed by atoms with Gasteiger partial charge in [0.15, 0.2) is 5.13 Å². The molecule has 0 bridgehead atoms. The molecule has 2 amide bonds. The number of hydrogen-bond donors (Lipinski definition) is 2. The number of carbonyl (C=O) groups excluding carboxylic acids is 2. The van der Waals surface area contributed by atoms with Crippen LogP contribution < -0.4 is 10.6 Å². The van der Waals surface area contributed by atoms with Gasteiger partial charge in [-0.15, -0.1) is 11.3 Å². The van der Waals surface area contributed by atoms with Crippen molar-refractivity contribution in [3.8, 4) is 0 Å². The van der Waals surface area contributed by atoms with Crippen molar-refractivity contribution in [3.05, 3.63) is 82.4 Å². The molecule has 0 unspecified atom stereocenters. The van der Waals surface area contributed by atoms with Gasteiger partial charge in [0.1, 0.15) is 17.3 Å². The van der Waals surface area contributed by atoms with E-state index in [4.69, 9.17) is 0 Å². The number of aromatic nitrogens is 1. The highest BCUT2D eigenvalue weighted by Gasteiger charge is 2.16. The van der Waals surface area contributed by atoms with Crippen LogP contribution in [0.4, 0.5) is 13.9 Å². The molecule has 0 saturated heterocycles. The van der Waals surface area contributed by atoms with Crippen LogP contribution >= 0.6 is 11.3 Å². The fourth-order valence-corrected chi connectivity index (χ4v) is 3.07. The van der Waals surface area contributed by atoms with Gasteiger partial charge in [0.05, 0.1) is 6.04 Å². The molecule has 0 saturated carbocycles. The minimum atomic E-state index is -0.853. The lowest BCUT2D eigenvalue weighted by atomic mass is 10.1. The Morgan fingerprint density at radius 2 is 1.70 bits per heavy atom. The zero-order valence-corrected chi connectivity index (χ0v) is 15.0. The van der Waals surface area contributed by atoms with Crippen molar-refractivity contribution in [1.82, 2.24) is 10.3 Å². The van der Waals surface area contributed by atoms with Crippen molar-refractivity contribution in [3.63, 3.8) is 0 Å². The fraction of sp³-hybridized carbons (Fsp3) is 0.105. The molecule has 2 aromatic carbocycles. The summed E-state index contributed by atoms with van der Waals surface area (Å²) in [5.74, 6) is -2.81. The summed E-state index contributed by atoms with van der Waals surface area (Å²) in [5.41, 5.74) is 0.914. The average molecular weight is 387 g/mol. The van der Waals surface area contributed by atoms with Gasteiger partial charge in [-0.25, -0.2) is 13.8 Å². The largest absolute Gasteiger partial charge is 0.344 e. The normalized spacial score (nSPS) is 11.7. The summed E-state index contributed by atoms with van der Waals surface area (Å²) >= 11 is 1.04. The summed E-state index contributed by atoms with van der Waals surface area (Å²) < 4.78 is 26.4. The molecule has 0 aliphatic rings. The number of nitrogens with zero attached hydrogens (tertiary/aromatic N) is 1. The third-order valence-corrected chi connectivity index (χ3v) is 4.49. The Bertz CT molecular complexity index is 956. The summed E-state index contributed by atoms with van der Waals surface area (Å²) in [6.07, 6.45) is 0. The molecule has 1 aromatic heterocycles. The maximum atomic E-state index is 13.2. The minimum absolute atomic E-state index is 0.142. The molecule has 2 N–H and O–H groups in total. The molecule has 138 valence electrons. The first kappa shape index (κ1) is 18.7. The van der Waals surface area contributed by atoms with Gasteiger partial charge < -0.3 is 5.32 Å². The van der Waals surface area contributed by atoms with Gasteiger partial charge in [0.2, 0.25) is 0 Å². The predicted octanol–water partition coefficient (Wildman–Crippen LogP) is 4.16. The van der Waals surface area contributed by atoms with Crippen LogP contribution in [-0.4, -0.2) is 16.8 Å². The Kier molecular flexibility index (Phi) is 5.56. The molecule has 1 heterocycles. The van der Waals surface area contributed by atoms with E-state index in [9.17, 15) is 18.4 Å². The Morgan fingerprint density at radius 1 is 1.04 bits per heavy atom. The van der Waals surface area contributed by atoms with Crippen molar-refractivity contribution in [2.24, 2.45) is 0 Å². The van der Waals surface area contributed by atoms with E-state index in [0.717, 1.165) is 29.0 Å². The summed E-state index contributed by atoms with van der Waals surface area (Å²) in [4.78, 5) is 28.4. The predicted molar refractivity (Wildman–Crippen MR) is 98.7 cm³/mol. The van der Waals surface area contributed by atoms with Gasteiger partial charge in [-0.3, -0.25) is 14.9 Å². The van der Waals surface area contributed by atoms with Gasteiger partial charge in [-0.05, 0) is 24.6 Å². The van der Waals surface area contributed by atoms with Gasteiger partial charge >= 0.3 is 0 Å². The number of amides is 2. The van der Waals surface area contributed by atoms with E-state index in [1.807, 2.05) is 37.3 Å². The van der Waals surface area contributed by atoms with Gasteiger partial charge in [0, 0.05) is 17.0 Å². The third-order valence-electron chi connectivity index (χ3n) is 3.73. The Labute approximate surface area is 158 Å². The third kappa shape index (κ3) is 4.73. The summed E-state index contributed by atoms with van der Waals surface area (Å²) in [7, 11) is 0. The van der Waals surface area contributed by atoms with E-state index in [1.54, 1.807) is 0 Å². The first-order valence-corrected chi connectivity index (χ1v) is 8.89. The highest BCUT2D eigenvalue weighted by Crippen LogP contribution is 2.19. The Morgan fingerprint density at radius 3 is 2.37 bits per heavy atom. The quantitative estimate of drug-likeness (QED) is 0.690. The molecule has 8 heteroatoms. The number of halogens is 2. The number of rotatable bonds is 5. The van der Waals surface area contributed by atoms with Crippen LogP contribution in [0, 0.1) is 11.6 Å². The van der Waals surface area contributed by atoms with Crippen LogP contribution in [0.3, 0.4) is 0 Å². The van der Waals surface area contributed by atoms with Gasteiger partial charge in [0.25, 0.3) is 11.8 Å². The van der Waals surface area contributed by atoms with Crippen molar-refractivity contribution in [2.45, 2.75) is 13.0 Å². The average Bonchev–Trinajstić information content (AvgIpc) is 3.10. The maximum absolute atomic E-state index is 13.2. The van der Waals surface area contributed by atoms with Crippen LogP contribution in [-0.2, 0) is 0 Å². The van der Waals surface area contributed by atoms with E-state index in [2.05, 4.69) is 15.6 Å². The topological polar surface area (TPSA) is 71.1 Å². The Hall–Kier alpha value is -3.13. The lowest BCUT2D eigenvalue weighted by Gasteiger charge is -2.13. The molecular weight excluding hydrogens is 372 g/mol. The second-order valence-electron chi connectivity index (χ2n) is 5.76. The Balaban J connectivity index is 1.65. The second kappa shape index (κ2) is 8.05. The first-order chi connectivity index (χ1) is 12.9. The molecule has 0 aliphatic carbocycles. The summed E-state index contributed by atoms with van der Waals surface area (Å²) in [6, 6.07) is 11.7. The molecule has 0 radical (unpaired) electrons. The standard InChI is InChI=1S/C19H15F2N3O2S/c1-11(12-5-3-2-4-6-12)22-18(26)16-10-27-19(23-16)24-17(25)13-7-14(20)9-15(21)8-13/h2-11H,1H3,(H,22,26)(H,23,24,25)/t11-/m0/s1. The number of hydrogen-bond acceptors (Lipinski definition) is 4. The molecule has 3 aromatic rings. The van der Waals surface area contributed by atoms with E-state index in [0.29, 0.717) is 6.07 Å². The van der Waals surface area contributed by atoms with E-state index < -0.39 is 17.5 Å². The zero-order valence-electron chi connectivity index (χ0n) is 14.2. The molecule has 0 aliphatic heterocycles. The van der Waals surface area contributed by atoms with E-state index in [-0.39, 0.29) is 28.3 Å². The lowest BCUT2D eigenvalue weighted by molar-refractivity contribution is 0.0934. The van der Waals surface area contributed by atoms with Gasteiger partial charge in [-0.1, -0.05) is 30.3 Å². The van der Waals surface area contributed by atoms with Crippen LogP contribution in [0.25, 0.3) is 0 Å². The molecular formula is C19H15F2N3O2S. The second-order valence-corrected chi connectivity index (χ2v) is 6.61. The fourth-order valence-electron chi connectivity index (χ4n) is 2.39. The summed E-state index contributed by atoms with van der Waals surface area (Å²) in [5, 5.41) is 6.90. The molecule has 27 heavy (non-hydrogen) atoms. The summed E-state index contributed by atoms with van der Waals surface area (Å²) in [6.45, 7) is 1.85. The highest BCUT2D eigenvalue weighted by molar-refractivity contribution is 7.14. The number of benzene rings is 2. The van der Waals surface area contributed by atoms with E-state index in [1.165, 1.54) is 5.38 Å². The van der Waals surface area contributed by atoms with Crippen molar-refractivity contribution >= 4 is 28.3 Å². The smallest absolute Gasteiger partial charge is 0.271 e. The SMILES string of the molecule is C[C@H](NC(=O)c1csc(NC(=O)c2cc(F)cc(F)c2)n1)c1ccccc1. The van der Waals surface area contributed by atoms with Crippen molar-refractivity contribution in [2.75, 3.05) is 5.32 Å². The number of carbonyl (C=O) groups is 2. The zero-order chi connectivity index (χ0) is 19.4. The van der Waals surface area contributed by atoms with Crippen LogP contribution in [0.1, 0.15) is 39.4 Å². The molecule has 0 spiro atoms. The van der Waals surface area contributed by atoms with Crippen LogP contribution in [0.15, 0.2) is 53.9 Å². The number of nitrogens with one attached hydrogen (secondary N) is 2. The maximum Gasteiger partial charge on any atom is 0.271 e. The molecule has 1 atom stereocenters. The monoisotopic (exact) mass is 387 g/mol. The lowest BCUT2D eigenvalue weighted by Crippen LogP contribution is -2.27. The number of anilines is 1. The highest BCUT2D eigenvalue weighted by atomic mass is 32.1.